The lowest BCUT2D eigenvalue weighted by Crippen LogP contribution is -1.96. The van der Waals surface area contributed by atoms with Crippen LogP contribution in [0.1, 0.15) is 16.5 Å². The largest absolute Gasteiger partial charge is 0.405 e. The lowest BCUT2D eigenvalue weighted by atomic mass is 10.1. The molecular formula is C13H12ClN3OS. The number of benzene rings is 1. The fourth-order valence-electron chi connectivity index (χ4n) is 1.51. The van der Waals surface area contributed by atoms with E-state index in [2.05, 4.69) is 9.98 Å². The molecule has 0 bridgehead atoms. The van der Waals surface area contributed by atoms with E-state index in [9.17, 15) is 5.11 Å². The van der Waals surface area contributed by atoms with Crippen molar-refractivity contribution in [1.82, 2.24) is 4.98 Å². The van der Waals surface area contributed by atoms with Gasteiger partial charge in [-0.3, -0.25) is 4.99 Å². The number of halogens is 1. The van der Waals surface area contributed by atoms with Gasteiger partial charge >= 0.3 is 0 Å². The van der Waals surface area contributed by atoms with Crippen molar-refractivity contribution in [3.63, 3.8) is 0 Å². The van der Waals surface area contributed by atoms with E-state index in [0.29, 0.717) is 9.34 Å². The van der Waals surface area contributed by atoms with Gasteiger partial charge < -0.3 is 10.8 Å². The monoisotopic (exact) mass is 293 g/mol. The molecule has 19 heavy (non-hydrogen) atoms. The van der Waals surface area contributed by atoms with Crippen LogP contribution in [0.2, 0.25) is 4.47 Å². The fourth-order valence-corrected chi connectivity index (χ4v) is 2.48. The van der Waals surface area contributed by atoms with Crippen molar-refractivity contribution < 1.29 is 5.11 Å². The second-order valence-corrected chi connectivity index (χ2v) is 5.32. The molecule has 0 spiro atoms. The zero-order chi connectivity index (χ0) is 13.7. The summed E-state index contributed by atoms with van der Waals surface area (Å²) >= 11 is 7.02. The summed E-state index contributed by atoms with van der Waals surface area (Å²) in [6.45, 7) is 0. The number of aromatic nitrogens is 1. The Morgan fingerprint density at radius 3 is 3.00 bits per heavy atom. The second-order valence-electron chi connectivity index (χ2n) is 3.68. The zero-order valence-electron chi connectivity index (χ0n) is 9.90. The van der Waals surface area contributed by atoms with E-state index in [-0.39, 0.29) is 0 Å². The van der Waals surface area contributed by atoms with Crippen LogP contribution in [0.3, 0.4) is 0 Å². The van der Waals surface area contributed by atoms with E-state index in [1.807, 2.05) is 18.2 Å². The molecule has 2 rings (SSSR count). The molecule has 4 nitrogen and oxygen atoms in total. The SMILES string of the molecule is NC=CC=Nc1cccc(C(O)c2cnc(Cl)s2)c1. The maximum Gasteiger partial charge on any atom is 0.183 e. The van der Waals surface area contributed by atoms with E-state index < -0.39 is 6.10 Å². The van der Waals surface area contributed by atoms with Gasteiger partial charge in [-0.2, -0.15) is 0 Å². The lowest BCUT2D eigenvalue weighted by molar-refractivity contribution is 0.224. The highest BCUT2D eigenvalue weighted by Crippen LogP contribution is 2.30. The molecule has 3 N–H and O–H groups in total. The summed E-state index contributed by atoms with van der Waals surface area (Å²) in [6, 6.07) is 7.31. The molecule has 1 heterocycles. The Hall–Kier alpha value is -1.69. The van der Waals surface area contributed by atoms with Gasteiger partial charge in [-0.15, -0.1) is 11.3 Å². The van der Waals surface area contributed by atoms with E-state index in [1.54, 1.807) is 24.6 Å². The molecular weight excluding hydrogens is 282 g/mol. The summed E-state index contributed by atoms with van der Waals surface area (Å²) < 4.78 is 0.413. The van der Waals surface area contributed by atoms with Crippen LogP contribution >= 0.6 is 22.9 Å². The number of rotatable bonds is 4. The minimum Gasteiger partial charge on any atom is -0.405 e. The molecule has 0 fully saturated rings. The molecule has 0 saturated heterocycles. The van der Waals surface area contributed by atoms with Crippen LogP contribution in [0.25, 0.3) is 0 Å². The van der Waals surface area contributed by atoms with E-state index in [4.69, 9.17) is 17.3 Å². The van der Waals surface area contributed by atoms with Crippen LogP contribution in [0.15, 0.2) is 47.7 Å². The van der Waals surface area contributed by atoms with Gasteiger partial charge in [0.25, 0.3) is 0 Å². The van der Waals surface area contributed by atoms with Crippen LogP contribution < -0.4 is 5.73 Å². The molecule has 2 aromatic rings. The van der Waals surface area contributed by atoms with E-state index >= 15 is 0 Å². The molecule has 0 amide bonds. The predicted octanol–water partition coefficient (Wildman–Crippen LogP) is 3.05. The molecule has 0 aliphatic rings. The third-order valence-corrected chi connectivity index (χ3v) is 3.54. The first kappa shape index (κ1) is 13.7. The Bertz CT molecular complexity index is 609. The van der Waals surface area contributed by atoms with Gasteiger partial charge in [0.05, 0.1) is 10.6 Å². The molecule has 0 aliphatic carbocycles. The maximum atomic E-state index is 10.2. The zero-order valence-corrected chi connectivity index (χ0v) is 11.5. The summed E-state index contributed by atoms with van der Waals surface area (Å²) in [5, 5.41) is 10.2. The third-order valence-electron chi connectivity index (χ3n) is 2.37. The minimum absolute atomic E-state index is 0.413. The van der Waals surface area contributed by atoms with Gasteiger partial charge in [0.1, 0.15) is 6.10 Å². The Morgan fingerprint density at radius 2 is 2.32 bits per heavy atom. The maximum absolute atomic E-state index is 10.2. The summed E-state index contributed by atoms with van der Waals surface area (Å²) in [5.41, 5.74) is 6.70. The molecule has 1 unspecified atom stereocenters. The van der Waals surface area contributed by atoms with Crippen molar-refractivity contribution in [3.05, 3.63) is 57.6 Å². The number of aliphatic imine (C=N–C) groups is 1. The number of hydrogen-bond acceptors (Lipinski definition) is 5. The fraction of sp³-hybridized carbons (Fsp3) is 0.0769. The van der Waals surface area contributed by atoms with Gasteiger partial charge in [0, 0.05) is 12.4 Å². The van der Waals surface area contributed by atoms with Crippen molar-refractivity contribution in [2.45, 2.75) is 6.10 Å². The minimum atomic E-state index is -0.745. The molecule has 98 valence electrons. The lowest BCUT2D eigenvalue weighted by Gasteiger charge is -2.08. The number of hydrogen-bond donors (Lipinski definition) is 2. The van der Waals surface area contributed by atoms with Crippen molar-refractivity contribution in [2.24, 2.45) is 10.7 Å². The highest BCUT2D eigenvalue weighted by Gasteiger charge is 2.13. The Balaban J connectivity index is 2.23. The average molecular weight is 294 g/mol. The third kappa shape index (κ3) is 3.64. The smallest absolute Gasteiger partial charge is 0.183 e. The van der Waals surface area contributed by atoms with E-state index in [1.165, 1.54) is 17.5 Å². The van der Waals surface area contributed by atoms with Gasteiger partial charge in [-0.25, -0.2) is 4.98 Å². The Labute approximate surface area is 119 Å². The Morgan fingerprint density at radius 1 is 1.47 bits per heavy atom. The quantitative estimate of drug-likeness (QED) is 0.851. The van der Waals surface area contributed by atoms with Gasteiger partial charge in [-0.05, 0) is 30.0 Å². The topological polar surface area (TPSA) is 71.5 Å². The van der Waals surface area contributed by atoms with Gasteiger partial charge in [0.2, 0.25) is 0 Å². The van der Waals surface area contributed by atoms with Gasteiger partial charge in [0.15, 0.2) is 4.47 Å². The molecule has 0 aliphatic heterocycles. The molecule has 1 aromatic heterocycles. The molecule has 0 saturated carbocycles. The highest BCUT2D eigenvalue weighted by atomic mass is 35.5. The molecule has 1 atom stereocenters. The number of nitrogens with zero attached hydrogens (tertiary/aromatic N) is 2. The summed E-state index contributed by atoms with van der Waals surface area (Å²) in [7, 11) is 0. The first-order valence-electron chi connectivity index (χ1n) is 5.51. The molecule has 0 radical (unpaired) electrons. The van der Waals surface area contributed by atoms with Gasteiger partial charge in [-0.1, -0.05) is 23.7 Å². The second kappa shape index (κ2) is 6.47. The standard InChI is InChI=1S/C13H12ClN3OS/c14-13-17-8-11(19-13)12(18)9-3-1-4-10(7-9)16-6-2-5-15/h1-8,12,18H,15H2. The van der Waals surface area contributed by atoms with Crippen LogP contribution in [0.4, 0.5) is 5.69 Å². The van der Waals surface area contributed by atoms with E-state index in [0.717, 1.165) is 11.3 Å². The van der Waals surface area contributed by atoms with Crippen LogP contribution in [-0.4, -0.2) is 16.3 Å². The van der Waals surface area contributed by atoms with Crippen LogP contribution in [0.5, 0.6) is 0 Å². The van der Waals surface area contributed by atoms with Crippen molar-refractivity contribution in [2.75, 3.05) is 0 Å². The van der Waals surface area contributed by atoms with Crippen molar-refractivity contribution >= 4 is 34.8 Å². The number of nitrogens with two attached hydrogens (primary N) is 1. The normalized spacial score (nSPS) is 13.4. The number of thiazole rings is 1. The van der Waals surface area contributed by atoms with Crippen molar-refractivity contribution in [3.8, 4) is 0 Å². The number of aliphatic hydroxyl groups is 1. The summed E-state index contributed by atoms with van der Waals surface area (Å²) in [4.78, 5) is 8.82. The highest BCUT2D eigenvalue weighted by molar-refractivity contribution is 7.15. The van der Waals surface area contributed by atoms with Crippen LogP contribution in [-0.2, 0) is 0 Å². The first-order valence-corrected chi connectivity index (χ1v) is 6.70. The predicted molar refractivity (Wildman–Crippen MR) is 79.1 cm³/mol. The Kier molecular flexibility index (Phi) is 4.68. The average Bonchev–Trinajstić information content (AvgIpc) is 2.85. The van der Waals surface area contributed by atoms with Crippen molar-refractivity contribution in [1.29, 1.82) is 0 Å². The van der Waals surface area contributed by atoms with Crippen LogP contribution in [0, 0.1) is 0 Å². The molecule has 6 heteroatoms. The molecule has 1 aromatic carbocycles. The number of allylic oxidation sites excluding steroid dienone is 1. The summed E-state index contributed by atoms with van der Waals surface area (Å²) in [6.07, 6.45) is 5.46. The first-order chi connectivity index (χ1) is 9.20. The number of aliphatic hydroxyl groups excluding tert-OH is 1. The summed E-state index contributed by atoms with van der Waals surface area (Å²) in [5.74, 6) is 0.